The lowest BCUT2D eigenvalue weighted by atomic mass is 10.1. The maximum Gasteiger partial charge on any atom is 0.330 e. The highest BCUT2D eigenvalue weighted by molar-refractivity contribution is 5.81. The second-order valence-electron chi connectivity index (χ2n) is 4.09. The molecule has 0 atom stereocenters. The van der Waals surface area contributed by atoms with Crippen LogP contribution in [0.3, 0.4) is 0 Å². The molecule has 3 nitrogen and oxygen atoms in total. The zero-order chi connectivity index (χ0) is 12.2. The number of unbranched alkanes of at least 4 members (excludes halogenated alkanes) is 4. The molecule has 0 heterocycles. The van der Waals surface area contributed by atoms with Gasteiger partial charge in [0.1, 0.15) is 6.61 Å². The first-order chi connectivity index (χ1) is 7.70. The molecule has 0 aromatic carbocycles. The summed E-state index contributed by atoms with van der Waals surface area (Å²) < 4.78 is 4.91. The number of hydrogen-bond acceptors (Lipinski definition) is 3. The molecule has 0 saturated heterocycles. The van der Waals surface area contributed by atoms with E-state index in [2.05, 4.69) is 25.5 Å². The summed E-state index contributed by atoms with van der Waals surface area (Å²) in [4.78, 5) is 13.0. The van der Waals surface area contributed by atoms with E-state index in [9.17, 15) is 4.79 Å². The molecule has 0 unspecified atom stereocenters. The predicted molar refractivity (Wildman–Crippen MR) is 67.4 cm³/mol. The van der Waals surface area contributed by atoms with Crippen LogP contribution in [0.5, 0.6) is 0 Å². The van der Waals surface area contributed by atoms with Crippen LogP contribution in [0.1, 0.15) is 39.0 Å². The smallest absolute Gasteiger partial charge is 0.330 e. The first-order valence-corrected chi connectivity index (χ1v) is 6.18. The molecule has 0 saturated carbocycles. The van der Waals surface area contributed by atoms with E-state index in [0.717, 1.165) is 13.1 Å². The topological polar surface area (TPSA) is 29.5 Å². The fourth-order valence-corrected chi connectivity index (χ4v) is 1.46. The number of likely N-dealkylation sites (N-methyl/N-ethyl adjacent to an activating group) is 1. The van der Waals surface area contributed by atoms with Crippen molar-refractivity contribution in [1.29, 1.82) is 0 Å². The summed E-state index contributed by atoms with van der Waals surface area (Å²) in [7, 11) is 2.06. The largest absolute Gasteiger partial charge is 0.461 e. The number of esters is 1. The summed E-state index contributed by atoms with van der Waals surface area (Å²) in [6, 6.07) is 0. The molecule has 16 heavy (non-hydrogen) atoms. The zero-order valence-corrected chi connectivity index (χ0v) is 10.7. The standard InChI is InChI=1S/C13H25NO2/c1-4-6-7-8-9-10-14(3)11-12-16-13(15)5-2/h5H,2,4,6-12H2,1,3H3. The number of carbonyl (C=O) groups excluding carboxylic acids is 1. The van der Waals surface area contributed by atoms with Crippen molar-refractivity contribution < 1.29 is 9.53 Å². The van der Waals surface area contributed by atoms with Crippen molar-refractivity contribution in [2.45, 2.75) is 39.0 Å². The maximum atomic E-state index is 10.8. The monoisotopic (exact) mass is 227 g/mol. The minimum atomic E-state index is -0.337. The van der Waals surface area contributed by atoms with Gasteiger partial charge < -0.3 is 9.64 Å². The third kappa shape index (κ3) is 9.71. The van der Waals surface area contributed by atoms with Crippen LogP contribution in [0.15, 0.2) is 12.7 Å². The number of hydrogen-bond donors (Lipinski definition) is 0. The second kappa shape index (κ2) is 10.7. The molecule has 0 aliphatic rings. The molecule has 94 valence electrons. The molecule has 0 aromatic heterocycles. The van der Waals surface area contributed by atoms with E-state index in [1.54, 1.807) is 0 Å². The molecule has 3 heteroatoms. The number of ether oxygens (including phenoxy) is 1. The quantitative estimate of drug-likeness (QED) is 0.326. The Labute approximate surface area is 99.5 Å². The Bertz CT molecular complexity index is 192. The molecule has 0 aliphatic carbocycles. The van der Waals surface area contributed by atoms with E-state index in [0.29, 0.717) is 6.61 Å². The van der Waals surface area contributed by atoms with Crippen LogP contribution in [0.2, 0.25) is 0 Å². The Hall–Kier alpha value is -0.830. The Morgan fingerprint density at radius 1 is 1.25 bits per heavy atom. The normalized spacial score (nSPS) is 10.4. The van der Waals surface area contributed by atoms with Crippen LogP contribution in [-0.4, -0.2) is 37.6 Å². The fourth-order valence-electron chi connectivity index (χ4n) is 1.46. The Kier molecular flexibility index (Phi) is 10.1. The van der Waals surface area contributed by atoms with E-state index in [4.69, 9.17) is 4.74 Å². The van der Waals surface area contributed by atoms with E-state index in [-0.39, 0.29) is 5.97 Å². The van der Waals surface area contributed by atoms with Crippen LogP contribution in [0, 0.1) is 0 Å². The summed E-state index contributed by atoms with van der Waals surface area (Å²) >= 11 is 0. The van der Waals surface area contributed by atoms with E-state index in [1.165, 1.54) is 38.2 Å². The summed E-state index contributed by atoms with van der Waals surface area (Å²) in [5.41, 5.74) is 0. The highest BCUT2D eigenvalue weighted by atomic mass is 16.5. The minimum Gasteiger partial charge on any atom is -0.461 e. The van der Waals surface area contributed by atoms with Gasteiger partial charge in [-0.25, -0.2) is 4.79 Å². The van der Waals surface area contributed by atoms with Gasteiger partial charge in [0.2, 0.25) is 0 Å². The van der Waals surface area contributed by atoms with Crippen molar-refractivity contribution in [1.82, 2.24) is 4.90 Å². The first kappa shape index (κ1) is 15.2. The van der Waals surface area contributed by atoms with Gasteiger partial charge in [-0.1, -0.05) is 39.2 Å². The first-order valence-electron chi connectivity index (χ1n) is 6.18. The highest BCUT2D eigenvalue weighted by Gasteiger charge is 2.00. The number of carbonyl (C=O) groups is 1. The van der Waals surface area contributed by atoms with Gasteiger partial charge in [-0.05, 0) is 20.0 Å². The van der Waals surface area contributed by atoms with Crippen LogP contribution in [-0.2, 0) is 9.53 Å². The third-order valence-corrected chi connectivity index (χ3v) is 2.53. The summed E-state index contributed by atoms with van der Waals surface area (Å²) in [5.74, 6) is -0.337. The fraction of sp³-hybridized carbons (Fsp3) is 0.769. The Morgan fingerprint density at radius 3 is 2.56 bits per heavy atom. The molecule has 0 radical (unpaired) electrons. The summed E-state index contributed by atoms with van der Waals surface area (Å²) in [6.07, 6.45) is 7.67. The van der Waals surface area contributed by atoms with Crippen LogP contribution in [0.4, 0.5) is 0 Å². The van der Waals surface area contributed by atoms with Crippen LogP contribution >= 0.6 is 0 Å². The lowest BCUT2D eigenvalue weighted by Crippen LogP contribution is -2.25. The van der Waals surface area contributed by atoms with E-state index in [1.807, 2.05) is 0 Å². The highest BCUT2D eigenvalue weighted by Crippen LogP contribution is 2.02. The van der Waals surface area contributed by atoms with Crippen molar-refractivity contribution in [3.05, 3.63) is 12.7 Å². The van der Waals surface area contributed by atoms with Gasteiger partial charge in [0.05, 0.1) is 0 Å². The number of rotatable bonds is 10. The molecule has 0 aliphatic heterocycles. The molecular weight excluding hydrogens is 202 g/mol. The molecule has 0 aromatic rings. The summed E-state index contributed by atoms with van der Waals surface area (Å²) in [5, 5.41) is 0. The van der Waals surface area contributed by atoms with E-state index < -0.39 is 0 Å². The minimum absolute atomic E-state index is 0.337. The van der Waals surface area contributed by atoms with E-state index >= 15 is 0 Å². The zero-order valence-electron chi connectivity index (χ0n) is 10.7. The molecular formula is C13H25NO2. The average Bonchev–Trinajstić information content (AvgIpc) is 2.28. The molecule has 0 spiro atoms. The van der Waals surface area contributed by atoms with Crippen molar-refractivity contribution in [3.63, 3.8) is 0 Å². The van der Waals surface area contributed by atoms with Crippen molar-refractivity contribution >= 4 is 5.97 Å². The van der Waals surface area contributed by atoms with Crippen molar-refractivity contribution in [2.75, 3.05) is 26.7 Å². The van der Waals surface area contributed by atoms with Gasteiger partial charge in [0.15, 0.2) is 0 Å². The predicted octanol–water partition coefficient (Wildman–Crippen LogP) is 2.62. The molecule has 0 amide bonds. The van der Waals surface area contributed by atoms with Crippen LogP contribution < -0.4 is 0 Å². The van der Waals surface area contributed by atoms with Gasteiger partial charge in [0, 0.05) is 12.6 Å². The van der Waals surface area contributed by atoms with Crippen molar-refractivity contribution in [3.8, 4) is 0 Å². The average molecular weight is 227 g/mol. The van der Waals surface area contributed by atoms with Gasteiger partial charge in [-0.15, -0.1) is 0 Å². The van der Waals surface area contributed by atoms with Gasteiger partial charge in [0.25, 0.3) is 0 Å². The van der Waals surface area contributed by atoms with Crippen molar-refractivity contribution in [2.24, 2.45) is 0 Å². The lowest BCUT2D eigenvalue weighted by Gasteiger charge is -2.15. The molecule has 0 bridgehead atoms. The maximum absolute atomic E-state index is 10.8. The summed E-state index contributed by atoms with van der Waals surface area (Å²) in [6.45, 7) is 7.90. The van der Waals surface area contributed by atoms with Crippen LogP contribution in [0.25, 0.3) is 0 Å². The van der Waals surface area contributed by atoms with Gasteiger partial charge in [-0.2, -0.15) is 0 Å². The third-order valence-electron chi connectivity index (χ3n) is 2.53. The SMILES string of the molecule is C=CC(=O)OCCN(C)CCCCCCC. The Balaban J connectivity index is 3.27. The Morgan fingerprint density at radius 2 is 1.94 bits per heavy atom. The number of nitrogens with zero attached hydrogens (tertiary/aromatic N) is 1. The van der Waals surface area contributed by atoms with Gasteiger partial charge >= 0.3 is 5.97 Å². The van der Waals surface area contributed by atoms with Gasteiger partial charge in [-0.3, -0.25) is 0 Å². The second-order valence-corrected chi connectivity index (χ2v) is 4.09. The molecule has 0 N–H and O–H groups in total. The molecule has 0 fully saturated rings. The molecule has 0 rings (SSSR count). The lowest BCUT2D eigenvalue weighted by molar-refractivity contribution is -0.138.